The van der Waals surface area contributed by atoms with E-state index in [0.29, 0.717) is 18.8 Å². The minimum atomic E-state index is -0.352. The maximum atomic E-state index is 12.6. The molecule has 1 aliphatic rings. The maximum absolute atomic E-state index is 12.6. The summed E-state index contributed by atoms with van der Waals surface area (Å²) in [5.41, 5.74) is 3.79. The third-order valence-electron chi connectivity index (χ3n) is 4.57. The fourth-order valence-electron chi connectivity index (χ4n) is 3.27. The molecule has 1 aliphatic heterocycles. The van der Waals surface area contributed by atoms with Crippen LogP contribution in [0.4, 0.5) is 11.4 Å². The van der Waals surface area contributed by atoms with Crippen LogP contribution in [-0.2, 0) is 9.59 Å². The Hall–Kier alpha value is -2.82. The van der Waals surface area contributed by atoms with E-state index >= 15 is 0 Å². The number of amides is 2. The van der Waals surface area contributed by atoms with Gasteiger partial charge < -0.3 is 15.0 Å². The van der Waals surface area contributed by atoms with Crippen molar-refractivity contribution in [2.45, 2.75) is 27.2 Å². The first-order valence-corrected chi connectivity index (χ1v) is 8.89. The summed E-state index contributed by atoms with van der Waals surface area (Å²) in [7, 11) is 0. The highest BCUT2D eigenvalue weighted by Crippen LogP contribution is 2.29. The minimum Gasteiger partial charge on any atom is -0.494 e. The van der Waals surface area contributed by atoms with Crippen molar-refractivity contribution >= 4 is 23.2 Å². The van der Waals surface area contributed by atoms with Crippen molar-refractivity contribution in [2.24, 2.45) is 5.92 Å². The van der Waals surface area contributed by atoms with E-state index in [1.165, 1.54) is 0 Å². The second kappa shape index (κ2) is 7.60. The monoisotopic (exact) mass is 352 g/mol. The Morgan fingerprint density at radius 3 is 2.58 bits per heavy atom. The topological polar surface area (TPSA) is 58.6 Å². The SMILES string of the molecule is CCOc1ccc(NC(=O)[C@H]2CC(=O)N(c3ccc(C)cc3C)C2)cc1. The van der Waals surface area contributed by atoms with Crippen LogP contribution in [0, 0.1) is 19.8 Å². The number of hydrogen-bond acceptors (Lipinski definition) is 3. The van der Waals surface area contributed by atoms with Gasteiger partial charge in [0.1, 0.15) is 5.75 Å². The summed E-state index contributed by atoms with van der Waals surface area (Å²) in [5.74, 6) is 0.274. The number of carbonyl (C=O) groups is 2. The number of carbonyl (C=O) groups excluding carboxylic acids is 2. The molecule has 1 N–H and O–H groups in total. The zero-order valence-corrected chi connectivity index (χ0v) is 15.4. The smallest absolute Gasteiger partial charge is 0.229 e. The molecule has 1 atom stereocenters. The van der Waals surface area contributed by atoms with Gasteiger partial charge in [-0.25, -0.2) is 0 Å². The minimum absolute atomic E-state index is 0.0104. The number of hydrogen-bond donors (Lipinski definition) is 1. The molecule has 0 saturated carbocycles. The van der Waals surface area contributed by atoms with E-state index < -0.39 is 0 Å². The molecule has 0 radical (unpaired) electrons. The summed E-state index contributed by atoms with van der Waals surface area (Å²) >= 11 is 0. The van der Waals surface area contributed by atoms with E-state index in [1.54, 1.807) is 4.90 Å². The lowest BCUT2D eigenvalue weighted by molar-refractivity contribution is -0.122. The summed E-state index contributed by atoms with van der Waals surface area (Å²) in [6, 6.07) is 13.2. The number of rotatable bonds is 5. The van der Waals surface area contributed by atoms with Gasteiger partial charge in [-0.15, -0.1) is 0 Å². The van der Waals surface area contributed by atoms with Gasteiger partial charge in [0.25, 0.3) is 0 Å². The van der Waals surface area contributed by atoms with Gasteiger partial charge in [0, 0.05) is 24.3 Å². The van der Waals surface area contributed by atoms with Crippen LogP contribution in [0.2, 0.25) is 0 Å². The van der Waals surface area contributed by atoms with Crippen molar-refractivity contribution in [2.75, 3.05) is 23.4 Å². The first-order valence-electron chi connectivity index (χ1n) is 8.89. The summed E-state index contributed by atoms with van der Waals surface area (Å²) in [6.07, 6.45) is 0.232. The molecular weight excluding hydrogens is 328 g/mol. The standard InChI is InChI=1S/C21H24N2O3/c1-4-26-18-8-6-17(7-9-18)22-21(25)16-12-20(24)23(13-16)19-10-5-14(2)11-15(19)3/h5-11,16H,4,12-13H2,1-3H3,(H,22,25)/t16-/m0/s1. The zero-order chi connectivity index (χ0) is 18.7. The van der Waals surface area contributed by atoms with Gasteiger partial charge >= 0.3 is 0 Å². The normalized spacial score (nSPS) is 16.7. The predicted molar refractivity (Wildman–Crippen MR) is 103 cm³/mol. The Balaban J connectivity index is 1.66. The van der Waals surface area contributed by atoms with Crippen molar-refractivity contribution in [3.05, 3.63) is 53.6 Å². The Morgan fingerprint density at radius 2 is 1.92 bits per heavy atom. The third kappa shape index (κ3) is 3.87. The average Bonchev–Trinajstić information content (AvgIpc) is 2.99. The summed E-state index contributed by atoms with van der Waals surface area (Å²) in [6.45, 7) is 6.95. The fraction of sp³-hybridized carbons (Fsp3) is 0.333. The molecule has 2 amide bonds. The van der Waals surface area contributed by atoms with Crippen LogP contribution in [0.1, 0.15) is 24.5 Å². The number of benzene rings is 2. The van der Waals surface area contributed by atoms with Gasteiger partial charge in [-0.05, 0) is 56.7 Å². The molecule has 136 valence electrons. The molecule has 5 nitrogen and oxygen atoms in total. The Morgan fingerprint density at radius 1 is 1.19 bits per heavy atom. The summed E-state index contributed by atoms with van der Waals surface area (Å²) in [5, 5.41) is 2.90. The maximum Gasteiger partial charge on any atom is 0.229 e. The second-order valence-electron chi connectivity index (χ2n) is 6.64. The molecule has 2 aromatic carbocycles. The highest BCUT2D eigenvalue weighted by atomic mass is 16.5. The quantitative estimate of drug-likeness (QED) is 0.893. The summed E-state index contributed by atoms with van der Waals surface area (Å²) < 4.78 is 5.40. The van der Waals surface area contributed by atoms with Crippen LogP contribution in [0.3, 0.4) is 0 Å². The molecule has 2 aromatic rings. The molecule has 0 spiro atoms. The Kier molecular flexibility index (Phi) is 5.26. The molecule has 1 fully saturated rings. The van der Waals surface area contributed by atoms with Crippen LogP contribution >= 0.6 is 0 Å². The predicted octanol–water partition coefficient (Wildman–Crippen LogP) is 3.69. The number of anilines is 2. The number of ether oxygens (including phenoxy) is 1. The van der Waals surface area contributed by atoms with E-state index in [9.17, 15) is 9.59 Å². The third-order valence-corrected chi connectivity index (χ3v) is 4.57. The molecule has 1 saturated heterocycles. The van der Waals surface area contributed by atoms with Gasteiger partial charge in [-0.3, -0.25) is 9.59 Å². The summed E-state index contributed by atoms with van der Waals surface area (Å²) in [4.78, 5) is 26.7. The van der Waals surface area contributed by atoms with Gasteiger partial charge in [0.2, 0.25) is 11.8 Å². The first-order chi connectivity index (χ1) is 12.5. The lowest BCUT2D eigenvalue weighted by Crippen LogP contribution is -2.28. The molecule has 0 bridgehead atoms. The van der Waals surface area contributed by atoms with Crippen molar-refractivity contribution in [1.29, 1.82) is 0 Å². The average molecular weight is 352 g/mol. The molecule has 1 heterocycles. The zero-order valence-electron chi connectivity index (χ0n) is 15.4. The number of aryl methyl sites for hydroxylation is 2. The van der Waals surface area contributed by atoms with Crippen molar-refractivity contribution < 1.29 is 14.3 Å². The molecule has 0 aromatic heterocycles. The van der Waals surface area contributed by atoms with Gasteiger partial charge in [-0.1, -0.05) is 17.7 Å². The van der Waals surface area contributed by atoms with Gasteiger partial charge in [-0.2, -0.15) is 0 Å². The highest BCUT2D eigenvalue weighted by molar-refractivity contribution is 6.03. The molecule has 5 heteroatoms. The van der Waals surface area contributed by atoms with Crippen LogP contribution in [0.25, 0.3) is 0 Å². The van der Waals surface area contributed by atoms with Crippen LogP contribution in [0.5, 0.6) is 5.75 Å². The van der Waals surface area contributed by atoms with Crippen molar-refractivity contribution in [3.8, 4) is 5.75 Å². The van der Waals surface area contributed by atoms with Crippen LogP contribution < -0.4 is 15.0 Å². The van der Waals surface area contributed by atoms with E-state index in [1.807, 2.05) is 57.2 Å². The Labute approximate surface area is 154 Å². The van der Waals surface area contributed by atoms with E-state index in [4.69, 9.17) is 4.74 Å². The molecule has 0 unspecified atom stereocenters. The Bertz CT molecular complexity index is 815. The fourth-order valence-corrected chi connectivity index (χ4v) is 3.27. The van der Waals surface area contributed by atoms with Crippen LogP contribution in [0.15, 0.2) is 42.5 Å². The lowest BCUT2D eigenvalue weighted by Gasteiger charge is -2.19. The van der Waals surface area contributed by atoms with Crippen molar-refractivity contribution in [3.63, 3.8) is 0 Å². The highest BCUT2D eigenvalue weighted by Gasteiger charge is 2.35. The largest absolute Gasteiger partial charge is 0.494 e. The lowest BCUT2D eigenvalue weighted by atomic mass is 10.1. The molecule has 0 aliphatic carbocycles. The first kappa shape index (κ1) is 18.0. The van der Waals surface area contributed by atoms with E-state index in [0.717, 1.165) is 22.6 Å². The number of nitrogens with zero attached hydrogens (tertiary/aromatic N) is 1. The van der Waals surface area contributed by atoms with Gasteiger partial charge in [0.05, 0.1) is 12.5 Å². The molecular formula is C21H24N2O3. The van der Waals surface area contributed by atoms with Crippen LogP contribution in [-0.4, -0.2) is 25.0 Å². The van der Waals surface area contributed by atoms with E-state index in [-0.39, 0.29) is 24.2 Å². The number of nitrogens with one attached hydrogen (secondary N) is 1. The molecule has 26 heavy (non-hydrogen) atoms. The van der Waals surface area contributed by atoms with Crippen molar-refractivity contribution in [1.82, 2.24) is 0 Å². The molecule has 3 rings (SSSR count). The second-order valence-corrected chi connectivity index (χ2v) is 6.64. The van der Waals surface area contributed by atoms with Gasteiger partial charge in [0.15, 0.2) is 0 Å². The van der Waals surface area contributed by atoms with E-state index in [2.05, 4.69) is 11.4 Å².